The number of amides is 1. The number of anilines is 1. The molecule has 1 saturated heterocycles. The van der Waals surface area contributed by atoms with Crippen LogP contribution in [0.3, 0.4) is 0 Å². The highest BCUT2D eigenvalue weighted by molar-refractivity contribution is 5.94. The lowest BCUT2D eigenvalue weighted by atomic mass is 10.0. The molecule has 3 rings (SSSR count). The summed E-state index contributed by atoms with van der Waals surface area (Å²) in [6.07, 6.45) is 1.69. The first-order chi connectivity index (χ1) is 12.3. The summed E-state index contributed by atoms with van der Waals surface area (Å²) in [5.41, 5.74) is 1.89. The molecule has 1 aliphatic heterocycles. The molecule has 0 radical (unpaired) electrons. The van der Waals surface area contributed by atoms with E-state index in [0.717, 1.165) is 25.5 Å². The molecule has 0 bridgehead atoms. The second kappa shape index (κ2) is 8.60. The van der Waals surface area contributed by atoms with Crippen molar-refractivity contribution in [3.05, 3.63) is 59.8 Å². The summed E-state index contributed by atoms with van der Waals surface area (Å²) >= 11 is 0. The third kappa shape index (κ3) is 4.55. The molecule has 2 heterocycles. The molecule has 1 unspecified atom stereocenters. The molecule has 2 aromatic rings. The minimum atomic E-state index is -0.101. The highest BCUT2D eigenvalue weighted by Gasteiger charge is 2.22. The SMILES string of the molecule is COCCNC(=O)c1ccnc(N2CCNC(c3ccccc3)C2)c1. The third-order valence-electron chi connectivity index (χ3n) is 4.30. The zero-order valence-electron chi connectivity index (χ0n) is 14.4. The number of ether oxygens (including phenoxy) is 1. The number of nitrogens with one attached hydrogen (secondary N) is 2. The van der Waals surface area contributed by atoms with Crippen LogP contribution < -0.4 is 15.5 Å². The van der Waals surface area contributed by atoms with E-state index in [2.05, 4.69) is 44.8 Å². The maximum absolute atomic E-state index is 12.2. The van der Waals surface area contributed by atoms with Crippen molar-refractivity contribution in [2.75, 3.05) is 44.8 Å². The lowest BCUT2D eigenvalue weighted by Gasteiger charge is -2.34. The smallest absolute Gasteiger partial charge is 0.251 e. The fourth-order valence-corrected chi connectivity index (χ4v) is 2.97. The predicted octanol–water partition coefficient (Wildman–Crippen LogP) is 1.61. The Kier molecular flexibility index (Phi) is 5.98. The van der Waals surface area contributed by atoms with E-state index in [-0.39, 0.29) is 11.9 Å². The number of methoxy groups -OCH3 is 1. The maximum Gasteiger partial charge on any atom is 0.251 e. The van der Waals surface area contributed by atoms with Crippen LogP contribution in [0.1, 0.15) is 22.0 Å². The number of benzene rings is 1. The molecule has 25 heavy (non-hydrogen) atoms. The van der Waals surface area contributed by atoms with Gasteiger partial charge in [0.25, 0.3) is 5.91 Å². The first kappa shape index (κ1) is 17.4. The molecular formula is C19H24N4O2. The highest BCUT2D eigenvalue weighted by Crippen LogP contribution is 2.21. The van der Waals surface area contributed by atoms with Gasteiger partial charge in [-0.3, -0.25) is 4.79 Å². The van der Waals surface area contributed by atoms with E-state index < -0.39 is 0 Å². The Morgan fingerprint density at radius 1 is 1.36 bits per heavy atom. The summed E-state index contributed by atoms with van der Waals surface area (Å²) in [6.45, 7) is 3.57. The number of carbonyl (C=O) groups excluding carboxylic acids is 1. The Balaban J connectivity index is 1.69. The molecule has 0 aliphatic carbocycles. The van der Waals surface area contributed by atoms with E-state index in [9.17, 15) is 4.79 Å². The fraction of sp³-hybridized carbons (Fsp3) is 0.368. The molecule has 1 aromatic carbocycles. The van der Waals surface area contributed by atoms with E-state index in [0.29, 0.717) is 18.7 Å². The monoisotopic (exact) mass is 340 g/mol. The summed E-state index contributed by atoms with van der Waals surface area (Å²) < 4.78 is 4.96. The van der Waals surface area contributed by atoms with Crippen LogP contribution in [0.25, 0.3) is 0 Å². The molecule has 1 atom stereocenters. The van der Waals surface area contributed by atoms with Gasteiger partial charge in [0.1, 0.15) is 5.82 Å². The van der Waals surface area contributed by atoms with Gasteiger partial charge in [0.15, 0.2) is 0 Å². The minimum Gasteiger partial charge on any atom is -0.383 e. The van der Waals surface area contributed by atoms with Crippen LogP contribution in [-0.2, 0) is 4.74 Å². The van der Waals surface area contributed by atoms with Crippen LogP contribution >= 0.6 is 0 Å². The van der Waals surface area contributed by atoms with Crippen molar-refractivity contribution in [2.45, 2.75) is 6.04 Å². The van der Waals surface area contributed by atoms with Crippen molar-refractivity contribution in [2.24, 2.45) is 0 Å². The topological polar surface area (TPSA) is 66.5 Å². The Morgan fingerprint density at radius 2 is 2.20 bits per heavy atom. The average Bonchev–Trinajstić information content (AvgIpc) is 2.69. The normalized spacial score (nSPS) is 17.3. The molecule has 6 heteroatoms. The molecule has 0 saturated carbocycles. The van der Waals surface area contributed by atoms with Gasteiger partial charge in [-0.2, -0.15) is 0 Å². The lowest BCUT2D eigenvalue weighted by molar-refractivity contribution is 0.0937. The summed E-state index contributed by atoms with van der Waals surface area (Å²) in [4.78, 5) is 18.9. The number of rotatable bonds is 6. The Bertz CT molecular complexity index is 693. The van der Waals surface area contributed by atoms with Crippen molar-refractivity contribution >= 4 is 11.7 Å². The predicted molar refractivity (Wildman–Crippen MR) is 97.8 cm³/mol. The van der Waals surface area contributed by atoms with Crippen molar-refractivity contribution < 1.29 is 9.53 Å². The fourth-order valence-electron chi connectivity index (χ4n) is 2.97. The van der Waals surface area contributed by atoms with Crippen molar-refractivity contribution in [1.82, 2.24) is 15.6 Å². The number of hydrogen-bond acceptors (Lipinski definition) is 5. The first-order valence-corrected chi connectivity index (χ1v) is 8.54. The average molecular weight is 340 g/mol. The zero-order valence-corrected chi connectivity index (χ0v) is 14.4. The van der Waals surface area contributed by atoms with Gasteiger partial charge in [0, 0.05) is 51.1 Å². The molecule has 1 fully saturated rings. The van der Waals surface area contributed by atoms with E-state index in [1.54, 1.807) is 19.4 Å². The second-order valence-corrected chi connectivity index (χ2v) is 6.01. The first-order valence-electron chi connectivity index (χ1n) is 8.54. The van der Waals surface area contributed by atoms with Crippen molar-refractivity contribution in [3.8, 4) is 0 Å². The van der Waals surface area contributed by atoms with Gasteiger partial charge >= 0.3 is 0 Å². The zero-order chi connectivity index (χ0) is 17.5. The molecule has 1 aromatic heterocycles. The number of piperazine rings is 1. The molecule has 0 spiro atoms. The van der Waals surface area contributed by atoms with Gasteiger partial charge in [-0.25, -0.2) is 4.98 Å². The second-order valence-electron chi connectivity index (χ2n) is 6.01. The lowest BCUT2D eigenvalue weighted by Crippen LogP contribution is -2.46. The molecule has 1 aliphatic rings. The van der Waals surface area contributed by atoms with Gasteiger partial charge in [0.05, 0.1) is 6.61 Å². The Labute approximate surface area is 148 Å². The highest BCUT2D eigenvalue weighted by atomic mass is 16.5. The maximum atomic E-state index is 12.2. The van der Waals surface area contributed by atoms with Crippen LogP contribution in [0.15, 0.2) is 48.7 Å². The van der Waals surface area contributed by atoms with Crippen LogP contribution in [0, 0.1) is 0 Å². The summed E-state index contributed by atoms with van der Waals surface area (Å²) in [7, 11) is 1.62. The number of nitrogens with zero attached hydrogens (tertiary/aromatic N) is 2. The van der Waals surface area contributed by atoms with Crippen LogP contribution in [-0.4, -0.2) is 50.8 Å². The van der Waals surface area contributed by atoms with E-state index in [1.807, 2.05) is 12.1 Å². The summed E-state index contributed by atoms with van der Waals surface area (Å²) in [5.74, 6) is 0.734. The number of aromatic nitrogens is 1. The van der Waals surface area contributed by atoms with E-state index >= 15 is 0 Å². The van der Waals surface area contributed by atoms with E-state index in [4.69, 9.17) is 4.74 Å². The van der Waals surface area contributed by atoms with Gasteiger partial charge in [0.2, 0.25) is 0 Å². The Hall–Kier alpha value is -2.44. The van der Waals surface area contributed by atoms with Gasteiger partial charge in [-0.15, -0.1) is 0 Å². The van der Waals surface area contributed by atoms with Crippen LogP contribution in [0.4, 0.5) is 5.82 Å². The van der Waals surface area contributed by atoms with E-state index in [1.165, 1.54) is 5.56 Å². The largest absolute Gasteiger partial charge is 0.383 e. The number of carbonyl (C=O) groups is 1. The molecule has 132 valence electrons. The summed E-state index contributed by atoms with van der Waals surface area (Å²) in [6, 6.07) is 14.3. The Morgan fingerprint density at radius 3 is 3.00 bits per heavy atom. The number of pyridine rings is 1. The van der Waals surface area contributed by atoms with Crippen molar-refractivity contribution in [3.63, 3.8) is 0 Å². The standard InChI is InChI=1S/C19H24N4O2/c1-25-12-10-22-19(24)16-7-8-21-18(13-16)23-11-9-20-17(14-23)15-5-3-2-4-6-15/h2-8,13,17,20H,9-12,14H2,1H3,(H,22,24). The third-order valence-corrected chi connectivity index (χ3v) is 4.30. The molecule has 1 amide bonds. The quantitative estimate of drug-likeness (QED) is 0.782. The molecule has 6 nitrogen and oxygen atoms in total. The molecular weight excluding hydrogens is 316 g/mol. The number of hydrogen-bond donors (Lipinski definition) is 2. The minimum absolute atomic E-state index is 0.101. The van der Waals surface area contributed by atoms with Crippen LogP contribution in [0.2, 0.25) is 0 Å². The van der Waals surface area contributed by atoms with Gasteiger partial charge in [-0.1, -0.05) is 30.3 Å². The van der Waals surface area contributed by atoms with Gasteiger partial charge in [-0.05, 0) is 17.7 Å². The van der Waals surface area contributed by atoms with Crippen molar-refractivity contribution in [1.29, 1.82) is 0 Å². The summed E-state index contributed by atoms with van der Waals surface area (Å²) in [5, 5.41) is 6.39. The van der Waals surface area contributed by atoms with Gasteiger partial charge < -0.3 is 20.3 Å². The molecule has 2 N–H and O–H groups in total. The van der Waals surface area contributed by atoms with Crippen LogP contribution in [0.5, 0.6) is 0 Å².